The number of benzene rings is 1. The summed E-state index contributed by atoms with van der Waals surface area (Å²) < 4.78 is 0. The minimum absolute atomic E-state index is 0.104. The summed E-state index contributed by atoms with van der Waals surface area (Å²) in [5.74, 6) is 0.104. The number of rotatable bonds is 4. The van der Waals surface area contributed by atoms with Gasteiger partial charge >= 0.3 is 0 Å². The van der Waals surface area contributed by atoms with E-state index in [1.807, 2.05) is 5.01 Å². The Bertz CT molecular complexity index is 453. The van der Waals surface area contributed by atoms with E-state index in [9.17, 15) is 4.79 Å². The van der Waals surface area contributed by atoms with Gasteiger partial charge in [0.05, 0.1) is 5.69 Å². The number of hydrogen-bond donors (Lipinski definition) is 2. The number of amides is 1. The van der Waals surface area contributed by atoms with Crippen molar-refractivity contribution >= 4 is 11.6 Å². The van der Waals surface area contributed by atoms with Crippen LogP contribution in [0.1, 0.15) is 12.0 Å². The van der Waals surface area contributed by atoms with Crippen LogP contribution in [0.25, 0.3) is 0 Å². The molecule has 2 heterocycles. The quantitative estimate of drug-likeness (QED) is 0.833. The van der Waals surface area contributed by atoms with Crippen LogP contribution in [0.15, 0.2) is 24.3 Å². The smallest absolute Gasteiger partial charge is 0.240 e. The second kappa shape index (κ2) is 6.24. The van der Waals surface area contributed by atoms with E-state index in [-0.39, 0.29) is 5.91 Å². The minimum Gasteiger partial charge on any atom is -0.314 e. The Balaban J connectivity index is 1.52. The standard InChI is InChI=1S/C15H22N4O/c20-15-6-10-19(17-15)14-3-1-13(2-4-14)5-9-18-11-7-16-8-12-18/h1-4,16H,5-12H2,(H,17,20). The fraction of sp³-hybridized carbons (Fsp3) is 0.533. The first-order valence-corrected chi connectivity index (χ1v) is 7.40. The Kier molecular flexibility index (Phi) is 4.18. The minimum atomic E-state index is 0.104. The zero-order valence-corrected chi connectivity index (χ0v) is 11.8. The van der Waals surface area contributed by atoms with E-state index in [1.165, 1.54) is 5.56 Å². The van der Waals surface area contributed by atoms with Crippen LogP contribution in [0.4, 0.5) is 5.69 Å². The van der Waals surface area contributed by atoms with Crippen LogP contribution in [-0.2, 0) is 11.2 Å². The monoisotopic (exact) mass is 274 g/mol. The van der Waals surface area contributed by atoms with E-state index in [2.05, 4.69) is 39.9 Å². The molecule has 0 bridgehead atoms. The summed E-state index contributed by atoms with van der Waals surface area (Å²) in [6, 6.07) is 8.53. The molecule has 0 aliphatic carbocycles. The van der Waals surface area contributed by atoms with Crippen molar-refractivity contribution < 1.29 is 4.79 Å². The summed E-state index contributed by atoms with van der Waals surface area (Å²) in [7, 11) is 0. The lowest BCUT2D eigenvalue weighted by atomic mass is 10.1. The predicted molar refractivity (Wildman–Crippen MR) is 79.6 cm³/mol. The normalized spacial score (nSPS) is 20.2. The third-order valence-electron chi connectivity index (χ3n) is 4.00. The average molecular weight is 274 g/mol. The van der Waals surface area contributed by atoms with Gasteiger partial charge in [-0.3, -0.25) is 15.2 Å². The van der Waals surface area contributed by atoms with Crippen molar-refractivity contribution in [2.24, 2.45) is 0 Å². The van der Waals surface area contributed by atoms with Crippen molar-refractivity contribution in [1.29, 1.82) is 0 Å². The topological polar surface area (TPSA) is 47.6 Å². The molecule has 0 atom stereocenters. The van der Waals surface area contributed by atoms with Crippen LogP contribution in [-0.4, -0.2) is 50.1 Å². The fourth-order valence-corrected chi connectivity index (χ4v) is 2.73. The Labute approximate surface area is 119 Å². The second-order valence-electron chi connectivity index (χ2n) is 5.44. The lowest BCUT2D eigenvalue weighted by Crippen LogP contribution is -2.44. The number of nitrogens with one attached hydrogen (secondary N) is 2. The van der Waals surface area contributed by atoms with E-state index < -0.39 is 0 Å². The van der Waals surface area contributed by atoms with Crippen LogP contribution >= 0.6 is 0 Å². The van der Waals surface area contributed by atoms with Gasteiger partial charge in [0, 0.05) is 45.7 Å². The van der Waals surface area contributed by atoms with Crippen molar-refractivity contribution in [3.63, 3.8) is 0 Å². The zero-order chi connectivity index (χ0) is 13.8. The summed E-state index contributed by atoms with van der Waals surface area (Å²) in [6.45, 7) is 6.40. The molecule has 0 saturated carbocycles. The van der Waals surface area contributed by atoms with E-state index in [0.717, 1.165) is 51.4 Å². The summed E-state index contributed by atoms with van der Waals surface area (Å²) in [6.07, 6.45) is 1.68. The highest BCUT2D eigenvalue weighted by molar-refractivity contribution is 5.81. The van der Waals surface area contributed by atoms with E-state index in [0.29, 0.717) is 6.42 Å². The van der Waals surface area contributed by atoms with Crippen molar-refractivity contribution in [3.05, 3.63) is 29.8 Å². The molecular weight excluding hydrogens is 252 g/mol. The Morgan fingerprint density at radius 2 is 1.80 bits per heavy atom. The molecule has 2 fully saturated rings. The maximum absolute atomic E-state index is 11.2. The molecule has 0 radical (unpaired) electrons. The lowest BCUT2D eigenvalue weighted by Gasteiger charge is -2.27. The third kappa shape index (κ3) is 3.29. The second-order valence-corrected chi connectivity index (χ2v) is 5.44. The van der Waals surface area contributed by atoms with Crippen LogP contribution in [0, 0.1) is 0 Å². The maximum Gasteiger partial charge on any atom is 0.240 e. The van der Waals surface area contributed by atoms with Gasteiger partial charge < -0.3 is 10.2 Å². The molecule has 5 heteroatoms. The van der Waals surface area contributed by atoms with Crippen LogP contribution in [0.5, 0.6) is 0 Å². The molecular formula is C15H22N4O. The maximum atomic E-state index is 11.2. The summed E-state index contributed by atoms with van der Waals surface area (Å²) in [5.41, 5.74) is 5.28. The van der Waals surface area contributed by atoms with Gasteiger partial charge in [-0.1, -0.05) is 12.1 Å². The zero-order valence-electron chi connectivity index (χ0n) is 11.8. The number of carbonyl (C=O) groups is 1. The van der Waals surface area contributed by atoms with E-state index >= 15 is 0 Å². The summed E-state index contributed by atoms with van der Waals surface area (Å²) >= 11 is 0. The van der Waals surface area contributed by atoms with Crippen LogP contribution in [0.2, 0.25) is 0 Å². The first-order chi connectivity index (χ1) is 9.81. The number of nitrogens with zero attached hydrogens (tertiary/aromatic N) is 2. The Hall–Kier alpha value is -1.59. The van der Waals surface area contributed by atoms with Crippen molar-refractivity contribution in [2.75, 3.05) is 44.3 Å². The molecule has 2 N–H and O–H groups in total. The molecule has 1 aromatic carbocycles. The largest absolute Gasteiger partial charge is 0.314 e. The van der Waals surface area contributed by atoms with Crippen molar-refractivity contribution in [3.8, 4) is 0 Å². The highest BCUT2D eigenvalue weighted by atomic mass is 16.2. The van der Waals surface area contributed by atoms with Gasteiger partial charge in [-0.05, 0) is 24.1 Å². The van der Waals surface area contributed by atoms with Gasteiger partial charge in [0.1, 0.15) is 0 Å². The highest BCUT2D eigenvalue weighted by Gasteiger charge is 2.18. The molecule has 0 spiro atoms. The Morgan fingerprint density at radius 1 is 1.05 bits per heavy atom. The number of anilines is 1. The molecule has 1 aromatic rings. The Morgan fingerprint density at radius 3 is 2.45 bits per heavy atom. The third-order valence-corrected chi connectivity index (χ3v) is 4.00. The number of hydrogen-bond acceptors (Lipinski definition) is 4. The van der Waals surface area contributed by atoms with Gasteiger partial charge in [-0.15, -0.1) is 0 Å². The van der Waals surface area contributed by atoms with Crippen molar-refractivity contribution in [2.45, 2.75) is 12.8 Å². The predicted octanol–water partition coefficient (Wildman–Crippen LogP) is 0.376. The molecule has 0 unspecified atom stereocenters. The molecule has 20 heavy (non-hydrogen) atoms. The molecule has 108 valence electrons. The number of hydrazine groups is 1. The summed E-state index contributed by atoms with van der Waals surface area (Å²) in [5, 5.41) is 5.29. The number of piperazine rings is 1. The van der Waals surface area contributed by atoms with Crippen LogP contribution in [0.3, 0.4) is 0 Å². The lowest BCUT2D eigenvalue weighted by molar-refractivity contribution is -0.119. The molecule has 0 aromatic heterocycles. The van der Waals surface area contributed by atoms with Crippen LogP contribution < -0.4 is 15.8 Å². The molecule has 3 rings (SSSR count). The highest BCUT2D eigenvalue weighted by Crippen LogP contribution is 2.17. The van der Waals surface area contributed by atoms with Gasteiger partial charge in [0.25, 0.3) is 0 Å². The van der Waals surface area contributed by atoms with Gasteiger partial charge in [-0.25, -0.2) is 0 Å². The first kappa shape index (κ1) is 13.4. The average Bonchev–Trinajstić information content (AvgIpc) is 2.93. The van der Waals surface area contributed by atoms with Gasteiger partial charge in [-0.2, -0.15) is 0 Å². The van der Waals surface area contributed by atoms with Gasteiger partial charge in [0.15, 0.2) is 0 Å². The molecule has 5 nitrogen and oxygen atoms in total. The first-order valence-electron chi connectivity index (χ1n) is 7.40. The number of carbonyl (C=O) groups excluding carboxylic acids is 1. The van der Waals surface area contributed by atoms with Gasteiger partial charge in [0.2, 0.25) is 5.91 Å². The van der Waals surface area contributed by atoms with E-state index in [4.69, 9.17) is 0 Å². The molecule has 1 amide bonds. The van der Waals surface area contributed by atoms with Crippen molar-refractivity contribution in [1.82, 2.24) is 15.6 Å². The van der Waals surface area contributed by atoms with E-state index in [1.54, 1.807) is 0 Å². The molecule has 2 aliphatic rings. The molecule has 2 saturated heterocycles. The summed E-state index contributed by atoms with van der Waals surface area (Å²) in [4.78, 5) is 13.7. The molecule has 2 aliphatic heterocycles. The fourth-order valence-electron chi connectivity index (χ4n) is 2.73. The SMILES string of the molecule is O=C1CCN(c2ccc(CCN3CCNCC3)cc2)N1.